The molecule has 3 N–H and O–H groups in total. The van der Waals surface area contributed by atoms with Gasteiger partial charge in [-0.3, -0.25) is 4.79 Å². The molecule has 0 saturated carbocycles. The van der Waals surface area contributed by atoms with E-state index in [1.165, 1.54) is 5.56 Å². The van der Waals surface area contributed by atoms with Gasteiger partial charge >= 0.3 is 0 Å². The highest BCUT2D eigenvalue weighted by atomic mass is 16.5. The number of nitrogens with one attached hydrogen (secondary N) is 1. The Morgan fingerprint density at radius 3 is 2.95 bits per heavy atom. The number of carbonyl (C=O) groups excluding carboxylic acids is 1. The quantitative estimate of drug-likeness (QED) is 0.864. The van der Waals surface area contributed by atoms with E-state index in [1.54, 1.807) is 0 Å². The number of primary amides is 1. The average Bonchev–Trinajstić information content (AvgIpc) is 2.84. The van der Waals surface area contributed by atoms with Crippen LogP contribution in [0.1, 0.15) is 37.4 Å². The van der Waals surface area contributed by atoms with Gasteiger partial charge in [0.2, 0.25) is 5.91 Å². The third-order valence-corrected chi connectivity index (χ3v) is 4.56. The van der Waals surface area contributed by atoms with Crippen molar-refractivity contribution in [1.82, 2.24) is 5.32 Å². The van der Waals surface area contributed by atoms with Gasteiger partial charge in [0.1, 0.15) is 5.75 Å². The van der Waals surface area contributed by atoms with E-state index in [9.17, 15) is 4.79 Å². The van der Waals surface area contributed by atoms with Crippen LogP contribution in [0.25, 0.3) is 0 Å². The summed E-state index contributed by atoms with van der Waals surface area (Å²) in [6, 6.07) is 6.65. The van der Waals surface area contributed by atoms with Crippen molar-refractivity contribution >= 4 is 5.91 Å². The minimum Gasteiger partial charge on any atom is -0.493 e. The Morgan fingerprint density at radius 2 is 2.20 bits per heavy atom. The molecule has 0 spiro atoms. The topological polar surface area (TPSA) is 64.4 Å². The zero-order chi connectivity index (χ0) is 14.3. The van der Waals surface area contributed by atoms with E-state index in [1.807, 2.05) is 6.07 Å². The SMILES string of the molecule is CC1CC(C)C(C(N)=O)C(c2ccc3c(c2)CCO3)N1. The number of nitrogens with two attached hydrogens (primary N) is 1. The largest absolute Gasteiger partial charge is 0.493 e. The van der Waals surface area contributed by atoms with E-state index < -0.39 is 0 Å². The van der Waals surface area contributed by atoms with E-state index >= 15 is 0 Å². The van der Waals surface area contributed by atoms with Crippen LogP contribution in [0.4, 0.5) is 0 Å². The van der Waals surface area contributed by atoms with Crippen molar-refractivity contribution in [3.05, 3.63) is 29.3 Å². The molecule has 1 aromatic rings. The lowest BCUT2D eigenvalue weighted by Gasteiger charge is -2.39. The Kier molecular flexibility index (Phi) is 3.42. The summed E-state index contributed by atoms with van der Waals surface area (Å²) in [5, 5.41) is 3.54. The predicted molar refractivity (Wildman–Crippen MR) is 77.4 cm³/mol. The standard InChI is InChI=1S/C16H22N2O2/c1-9-7-10(2)18-15(14(9)16(17)19)12-3-4-13-11(8-12)5-6-20-13/h3-4,8-10,14-15,18H,5-7H2,1-2H3,(H2,17,19). The third kappa shape index (κ3) is 2.29. The minimum atomic E-state index is -0.210. The van der Waals surface area contributed by atoms with Crippen LogP contribution in [-0.2, 0) is 11.2 Å². The molecule has 1 amide bonds. The number of carbonyl (C=O) groups is 1. The Balaban J connectivity index is 1.95. The van der Waals surface area contributed by atoms with Crippen LogP contribution in [0.15, 0.2) is 18.2 Å². The van der Waals surface area contributed by atoms with Crippen LogP contribution in [0.5, 0.6) is 5.75 Å². The summed E-state index contributed by atoms with van der Waals surface area (Å²) in [6.45, 7) is 5.04. The van der Waals surface area contributed by atoms with Crippen molar-refractivity contribution in [2.24, 2.45) is 17.6 Å². The molecule has 4 unspecified atom stereocenters. The van der Waals surface area contributed by atoms with Crippen LogP contribution in [0, 0.1) is 11.8 Å². The highest BCUT2D eigenvalue weighted by molar-refractivity contribution is 5.78. The molecule has 3 rings (SSSR count). The molecule has 0 bridgehead atoms. The van der Waals surface area contributed by atoms with Gasteiger partial charge in [0, 0.05) is 18.5 Å². The van der Waals surface area contributed by atoms with Gasteiger partial charge < -0.3 is 15.8 Å². The summed E-state index contributed by atoms with van der Waals surface area (Å²) in [7, 11) is 0. The van der Waals surface area contributed by atoms with E-state index in [0.717, 1.165) is 30.8 Å². The maximum absolute atomic E-state index is 11.8. The zero-order valence-electron chi connectivity index (χ0n) is 12.1. The summed E-state index contributed by atoms with van der Waals surface area (Å²) >= 11 is 0. The van der Waals surface area contributed by atoms with Gasteiger partial charge in [-0.2, -0.15) is 0 Å². The van der Waals surface area contributed by atoms with Crippen molar-refractivity contribution in [1.29, 1.82) is 0 Å². The molecule has 2 aliphatic heterocycles. The van der Waals surface area contributed by atoms with E-state index in [4.69, 9.17) is 10.5 Å². The van der Waals surface area contributed by atoms with Gasteiger partial charge in [0.25, 0.3) is 0 Å². The molecule has 20 heavy (non-hydrogen) atoms. The molecule has 4 heteroatoms. The number of piperidine rings is 1. The molecule has 108 valence electrons. The summed E-state index contributed by atoms with van der Waals surface area (Å²) in [5.74, 6) is 0.921. The van der Waals surface area contributed by atoms with Gasteiger partial charge in [0.15, 0.2) is 0 Å². The summed E-state index contributed by atoms with van der Waals surface area (Å²) in [5.41, 5.74) is 8.02. The van der Waals surface area contributed by atoms with E-state index in [-0.39, 0.29) is 17.9 Å². The van der Waals surface area contributed by atoms with E-state index in [0.29, 0.717) is 12.0 Å². The van der Waals surface area contributed by atoms with Crippen molar-refractivity contribution < 1.29 is 9.53 Å². The summed E-state index contributed by atoms with van der Waals surface area (Å²) in [4.78, 5) is 11.8. The van der Waals surface area contributed by atoms with Crippen LogP contribution < -0.4 is 15.8 Å². The number of rotatable bonds is 2. The maximum atomic E-state index is 11.8. The van der Waals surface area contributed by atoms with Crippen LogP contribution in [-0.4, -0.2) is 18.6 Å². The predicted octanol–water partition coefficient (Wildman–Crippen LogP) is 1.78. The molecule has 2 heterocycles. The Hall–Kier alpha value is -1.55. The fraction of sp³-hybridized carbons (Fsp3) is 0.562. The molecule has 0 radical (unpaired) electrons. The molecule has 4 atom stereocenters. The molecule has 1 fully saturated rings. The molecule has 0 aliphatic carbocycles. The number of ether oxygens (including phenoxy) is 1. The van der Waals surface area contributed by atoms with Crippen molar-refractivity contribution in [3.8, 4) is 5.75 Å². The Bertz CT molecular complexity index is 529. The minimum absolute atomic E-state index is 0.0112. The Morgan fingerprint density at radius 1 is 1.40 bits per heavy atom. The molecule has 1 saturated heterocycles. The lowest BCUT2D eigenvalue weighted by molar-refractivity contribution is -0.125. The molecule has 1 aromatic carbocycles. The molecule has 4 nitrogen and oxygen atoms in total. The second-order valence-electron chi connectivity index (χ2n) is 6.15. The highest BCUT2D eigenvalue weighted by Gasteiger charge is 2.38. The van der Waals surface area contributed by atoms with Crippen molar-refractivity contribution in [2.75, 3.05) is 6.61 Å². The Labute approximate surface area is 119 Å². The average molecular weight is 274 g/mol. The van der Waals surface area contributed by atoms with Gasteiger partial charge in [-0.15, -0.1) is 0 Å². The maximum Gasteiger partial charge on any atom is 0.222 e. The third-order valence-electron chi connectivity index (χ3n) is 4.56. The lowest BCUT2D eigenvalue weighted by Crippen LogP contribution is -2.49. The summed E-state index contributed by atoms with van der Waals surface area (Å²) in [6.07, 6.45) is 1.93. The lowest BCUT2D eigenvalue weighted by atomic mass is 9.76. The number of hydrogen-bond acceptors (Lipinski definition) is 3. The zero-order valence-corrected chi connectivity index (χ0v) is 12.1. The number of amides is 1. The highest BCUT2D eigenvalue weighted by Crippen LogP contribution is 2.37. The second-order valence-corrected chi connectivity index (χ2v) is 6.15. The fourth-order valence-electron chi connectivity index (χ4n) is 3.66. The van der Waals surface area contributed by atoms with E-state index in [2.05, 4.69) is 31.3 Å². The second kappa shape index (κ2) is 5.09. The van der Waals surface area contributed by atoms with Crippen molar-refractivity contribution in [2.45, 2.75) is 38.8 Å². The first kappa shape index (κ1) is 13.4. The van der Waals surface area contributed by atoms with Crippen LogP contribution in [0.3, 0.4) is 0 Å². The number of hydrogen-bond donors (Lipinski definition) is 2. The van der Waals surface area contributed by atoms with Crippen molar-refractivity contribution in [3.63, 3.8) is 0 Å². The molecular weight excluding hydrogens is 252 g/mol. The molecular formula is C16H22N2O2. The normalized spacial score (nSPS) is 32.5. The van der Waals surface area contributed by atoms with Crippen LogP contribution in [0.2, 0.25) is 0 Å². The molecule has 0 aromatic heterocycles. The monoisotopic (exact) mass is 274 g/mol. The fourth-order valence-corrected chi connectivity index (χ4v) is 3.66. The number of fused-ring (bicyclic) bond motifs is 1. The van der Waals surface area contributed by atoms with Gasteiger partial charge in [-0.1, -0.05) is 19.1 Å². The first-order valence-corrected chi connectivity index (χ1v) is 7.37. The molecule has 2 aliphatic rings. The first-order chi connectivity index (χ1) is 9.56. The smallest absolute Gasteiger partial charge is 0.222 e. The number of benzene rings is 1. The van der Waals surface area contributed by atoms with Gasteiger partial charge in [-0.25, -0.2) is 0 Å². The van der Waals surface area contributed by atoms with Crippen LogP contribution >= 0.6 is 0 Å². The van der Waals surface area contributed by atoms with Gasteiger partial charge in [0.05, 0.1) is 12.5 Å². The first-order valence-electron chi connectivity index (χ1n) is 7.37. The summed E-state index contributed by atoms with van der Waals surface area (Å²) < 4.78 is 5.55. The van der Waals surface area contributed by atoms with Gasteiger partial charge in [-0.05, 0) is 36.5 Å².